The normalized spacial score (nSPS) is 20.8. The van der Waals surface area contributed by atoms with E-state index in [0.29, 0.717) is 37.7 Å². The first-order chi connectivity index (χ1) is 15.4. The van der Waals surface area contributed by atoms with Gasteiger partial charge < -0.3 is 9.64 Å². The summed E-state index contributed by atoms with van der Waals surface area (Å²) in [6, 6.07) is 16.3. The van der Waals surface area contributed by atoms with Gasteiger partial charge in [-0.2, -0.15) is 4.31 Å². The fourth-order valence-corrected chi connectivity index (χ4v) is 6.32. The third-order valence-electron chi connectivity index (χ3n) is 6.56. The van der Waals surface area contributed by atoms with Gasteiger partial charge in [-0.1, -0.05) is 30.7 Å². The summed E-state index contributed by atoms with van der Waals surface area (Å²) in [5.41, 5.74) is 0.440. The smallest absolute Gasteiger partial charge is 0.253 e. The maximum absolute atomic E-state index is 13.2. The number of benzene rings is 2. The van der Waals surface area contributed by atoms with Crippen molar-refractivity contribution < 1.29 is 17.9 Å². The van der Waals surface area contributed by atoms with Crippen LogP contribution in [0.25, 0.3) is 0 Å². The molecule has 2 aliphatic heterocycles. The zero-order valence-electron chi connectivity index (χ0n) is 18.7. The number of ether oxygens (including phenoxy) is 1. The van der Waals surface area contributed by atoms with Gasteiger partial charge in [-0.25, -0.2) is 8.42 Å². The van der Waals surface area contributed by atoms with E-state index >= 15 is 0 Å². The van der Waals surface area contributed by atoms with Gasteiger partial charge in [0.1, 0.15) is 5.75 Å². The molecule has 0 bridgehead atoms. The van der Waals surface area contributed by atoms with Crippen LogP contribution in [0.5, 0.6) is 5.75 Å². The molecule has 2 aromatic carbocycles. The predicted molar refractivity (Wildman–Crippen MR) is 124 cm³/mol. The van der Waals surface area contributed by atoms with E-state index in [1.807, 2.05) is 42.2 Å². The number of piperidine rings is 2. The second kappa shape index (κ2) is 10.0. The van der Waals surface area contributed by atoms with Gasteiger partial charge in [0, 0.05) is 31.2 Å². The van der Waals surface area contributed by atoms with Crippen molar-refractivity contribution in [3.05, 3.63) is 60.2 Å². The Kier molecular flexibility index (Phi) is 7.16. The topological polar surface area (TPSA) is 66.9 Å². The van der Waals surface area contributed by atoms with Crippen molar-refractivity contribution in [2.45, 2.75) is 50.0 Å². The third-order valence-corrected chi connectivity index (χ3v) is 8.57. The Hall–Kier alpha value is -2.38. The number of amides is 1. The van der Waals surface area contributed by atoms with E-state index in [4.69, 9.17) is 4.74 Å². The highest BCUT2D eigenvalue weighted by Crippen LogP contribution is 2.26. The van der Waals surface area contributed by atoms with Crippen molar-refractivity contribution in [3.8, 4) is 5.75 Å². The van der Waals surface area contributed by atoms with E-state index in [2.05, 4.69) is 0 Å². The number of nitrogens with zero attached hydrogens (tertiary/aromatic N) is 2. The molecular formula is C25H32N2O4S. The minimum atomic E-state index is -3.59. The molecule has 2 aliphatic rings. The van der Waals surface area contributed by atoms with Crippen LogP contribution in [-0.4, -0.2) is 55.8 Å². The Balaban J connectivity index is 1.37. The molecule has 2 aromatic rings. The number of para-hydroxylation sites is 1. The van der Waals surface area contributed by atoms with Crippen LogP contribution in [0, 0.1) is 5.92 Å². The minimum absolute atomic E-state index is 0.00904. The van der Waals surface area contributed by atoms with Crippen molar-refractivity contribution in [3.63, 3.8) is 0 Å². The lowest BCUT2D eigenvalue weighted by Gasteiger charge is -2.33. The largest absolute Gasteiger partial charge is 0.493 e. The predicted octanol–water partition coefficient (Wildman–Crippen LogP) is 4.18. The summed E-state index contributed by atoms with van der Waals surface area (Å²) in [5, 5.41) is 0. The number of carbonyl (C=O) groups excluding carboxylic acids is 1. The molecule has 0 spiro atoms. The standard InChI is InChI=1S/C25H32N2O4S/c1-20-8-5-6-15-27(20)32(29,30)24-12-7-9-22(18-24)25(28)26-16-13-21(14-17-26)19-31-23-10-3-2-4-11-23/h2-4,7,9-12,18,20-21H,5-6,8,13-17,19H2,1H3. The highest BCUT2D eigenvalue weighted by atomic mass is 32.2. The van der Waals surface area contributed by atoms with E-state index in [1.54, 1.807) is 28.6 Å². The summed E-state index contributed by atoms with van der Waals surface area (Å²) in [5.74, 6) is 1.18. The van der Waals surface area contributed by atoms with E-state index in [0.717, 1.165) is 37.9 Å². The van der Waals surface area contributed by atoms with Crippen molar-refractivity contribution in [1.29, 1.82) is 0 Å². The van der Waals surface area contributed by atoms with Crippen LogP contribution < -0.4 is 4.74 Å². The Morgan fingerprint density at radius 1 is 0.969 bits per heavy atom. The number of sulfonamides is 1. The monoisotopic (exact) mass is 456 g/mol. The van der Waals surface area contributed by atoms with Gasteiger partial charge in [0.2, 0.25) is 10.0 Å². The molecule has 1 atom stereocenters. The zero-order chi connectivity index (χ0) is 22.6. The van der Waals surface area contributed by atoms with Crippen LogP contribution in [0.4, 0.5) is 0 Å². The minimum Gasteiger partial charge on any atom is -0.493 e. The summed E-state index contributed by atoms with van der Waals surface area (Å²) in [4.78, 5) is 15.1. The molecule has 2 fully saturated rings. The van der Waals surface area contributed by atoms with Gasteiger partial charge in [0.15, 0.2) is 0 Å². The molecular weight excluding hydrogens is 424 g/mol. The number of likely N-dealkylation sites (tertiary alicyclic amines) is 1. The number of carbonyl (C=O) groups is 1. The van der Waals surface area contributed by atoms with Crippen molar-refractivity contribution in [1.82, 2.24) is 9.21 Å². The van der Waals surface area contributed by atoms with Gasteiger partial charge in [0.05, 0.1) is 11.5 Å². The zero-order valence-corrected chi connectivity index (χ0v) is 19.5. The van der Waals surface area contributed by atoms with Gasteiger partial charge in [-0.3, -0.25) is 4.79 Å². The quantitative estimate of drug-likeness (QED) is 0.654. The molecule has 0 aliphatic carbocycles. The number of hydrogen-bond donors (Lipinski definition) is 0. The lowest BCUT2D eigenvalue weighted by molar-refractivity contribution is 0.0661. The SMILES string of the molecule is CC1CCCCN1S(=O)(=O)c1cccc(C(=O)N2CCC(COc3ccccc3)CC2)c1. The van der Waals surface area contributed by atoms with E-state index in [1.165, 1.54) is 0 Å². The highest BCUT2D eigenvalue weighted by Gasteiger charge is 2.32. The van der Waals surface area contributed by atoms with Crippen LogP contribution in [0.2, 0.25) is 0 Å². The van der Waals surface area contributed by atoms with Gasteiger partial charge in [-0.15, -0.1) is 0 Å². The van der Waals surface area contributed by atoms with Crippen LogP contribution in [0.1, 0.15) is 49.4 Å². The fourth-order valence-electron chi connectivity index (χ4n) is 4.57. The van der Waals surface area contributed by atoms with Crippen LogP contribution in [0.3, 0.4) is 0 Å². The maximum atomic E-state index is 13.2. The van der Waals surface area contributed by atoms with Crippen molar-refractivity contribution in [2.75, 3.05) is 26.2 Å². The Morgan fingerprint density at radius 2 is 1.72 bits per heavy atom. The molecule has 2 saturated heterocycles. The second-order valence-corrected chi connectivity index (χ2v) is 10.7. The fraction of sp³-hybridized carbons (Fsp3) is 0.480. The molecule has 172 valence electrons. The van der Waals surface area contributed by atoms with Crippen LogP contribution in [-0.2, 0) is 10.0 Å². The first-order valence-corrected chi connectivity index (χ1v) is 13.0. The molecule has 0 radical (unpaired) electrons. The number of hydrogen-bond acceptors (Lipinski definition) is 4. The summed E-state index contributed by atoms with van der Waals surface area (Å²) >= 11 is 0. The molecule has 1 amide bonds. The average Bonchev–Trinajstić information content (AvgIpc) is 2.83. The molecule has 0 N–H and O–H groups in total. The van der Waals surface area contributed by atoms with Crippen molar-refractivity contribution in [2.24, 2.45) is 5.92 Å². The Labute approximate surface area is 191 Å². The maximum Gasteiger partial charge on any atom is 0.253 e. The van der Waals surface area contributed by atoms with Crippen LogP contribution >= 0.6 is 0 Å². The van der Waals surface area contributed by atoms with Gasteiger partial charge in [-0.05, 0) is 68.9 Å². The average molecular weight is 457 g/mol. The van der Waals surface area contributed by atoms with Gasteiger partial charge >= 0.3 is 0 Å². The number of rotatable bonds is 6. The first kappa shape index (κ1) is 22.8. The van der Waals surface area contributed by atoms with Gasteiger partial charge in [0.25, 0.3) is 5.91 Å². The molecule has 7 heteroatoms. The van der Waals surface area contributed by atoms with E-state index < -0.39 is 10.0 Å². The highest BCUT2D eigenvalue weighted by molar-refractivity contribution is 7.89. The van der Waals surface area contributed by atoms with E-state index in [-0.39, 0.29) is 16.8 Å². The molecule has 6 nitrogen and oxygen atoms in total. The summed E-state index contributed by atoms with van der Waals surface area (Å²) in [6.07, 6.45) is 4.56. The summed E-state index contributed by atoms with van der Waals surface area (Å²) in [7, 11) is -3.59. The molecule has 2 heterocycles. The Bertz CT molecular complexity index is 1020. The molecule has 0 aromatic heterocycles. The van der Waals surface area contributed by atoms with Crippen molar-refractivity contribution >= 4 is 15.9 Å². The summed E-state index contributed by atoms with van der Waals surface area (Å²) < 4.78 is 33.8. The second-order valence-electron chi connectivity index (χ2n) is 8.85. The molecule has 1 unspecified atom stereocenters. The molecule has 0 saturated carbocycles. The Morgan fingerprint density at radius 3 is 2.44 bits per heavy atom. The summed E-state index contributed by atoms with van der Waals surface area (Å²) in [6.45, 7) is 4.45. The third kappa shape index (κ3) is 5.15. The molecule has 32 heavy (non-hydrogen) atoms. The lowest BCUT2D eigenvalue weighted by atomic mass is 9.97. The molecule has 4 rings (SSSR count). The first-order valence-electron chi connectivity index (χ1n) is 11.5. The lowest BCUT2D eigenvalue weighted by Crippen LogP contribution is -2.42. The van der Waals surface area contributed by atoms with E-state index in [9.17, 15) is 13.2 Å². The van der Waals surface area contributed by atoms with Crippen LogP contribution in [0.15, 0.2) is 59.5 Å².